The van der Waals surface area contributed by atoms with Crippen molar-refractivity contribution in [2.45, 2.75) is 37.5 Å². The Labute approximate surface area is 130 Å². The fourth-order valence-electron chi connectivity index (χ4n) is 1.63. The number of carbonyl (C=O) groups excluding carboxylic acids is 2. The van der Waals surface area contributed by atoms with E-state index in [1.807, 2.05) is 24.3 Å². The minimum Gasteiger partial charge on any atom is -0.338 e. The van der Waals surface area contributed by atoms with Crippen LogP contribution in [0.5, 0.6) is 0 Å². The number of urea groups is 1. The highest BCUT2D eigenvalue weighted by Crippen LogP contribution is 2.23. The van der Waals surface area contributed by atoms with Gasteiger partial charge in [0.05, 0.1) is 5.25 Å². The molecule has 6 heteroatoms. The van der Waals surface area contributed by atoms with Crippen molar-refractivity contribution in [1.29, 1.82) is 0 Å². The van der Waals surface area contributed by atoms with E-state index in [1.165, 1.54) is 17.3 Å². The van der Waals surface area contributed by atoms with E-state index in [4.69, 9.17) is 0 Å². The molecule has 0 fully saturated rings. The molecular formula is C15H23N3O2S. The fraction of sp³-hybridized carbons (Fsp3) is 0.467. The second-order valence-corrected chi connectivity index (χ2v) is 5.95. The molecule has 21 heavy (non-hydrogen) atoms. The van der Waals surface area contributed by atoms with Crippen LogP contribution in [0.4, 0.5) is 4.79 Å². The topological polar surface area (TPSA) is 70.2 Å². The zero-order valence-electron chi connectivity index (χ0n) is 12.7. The second-order valence-electron chi connectivity index (χ2n) is 4.53. The first-order chi connectivity index (χ1) is 10.1. The molecule has 0 aliphatic carbocycles. The Kier molecular flexibility index (Phi) is 7.85. The van der Waals surface area contributed by atoms with Gasteiger partial charge in [-0.3, -0.25) is 10.1 Å². The normalized spacial score (nSPS) is 11.8. The molecule has 1 rings (SSSR count). The summed E-state index contributed by atoms with van der Waals surface area (Å²) in [7, 11) is 0. The highest BCUT2D eigenvalue weighted by Gasteiger charge is 2.16. The molecule has 0 radical (unpaired) electrons. The van der Waals surface area contributed by atoms with E-state index in [9.17, 15) is 9.59 Å². The van der Waals surface area contributed by atoms with Gasteiger partial charge in [-0.2, -0.15) is 0 Å². The van der Waals surface area contributed by atoms with E-state index in [2.05, 4.69) is 22.9 Å². The number of nitrogens with one attached hydrogen (secondary N) is 3. The Bertz CT molecular complexity index is 462. The molecule has 0 bridgehead atoms. The van der Waals surface area contributed by atoms with Crippen molar-refractivity contribution in [3.8, 4) is 0 Å². The number of hydrogen-bond donors (Lipinski definition) is 3. The first-order valence-electron chi connectivity index (χ1n) is 7.11. The average Bonchev–Trinajstić information content (AvgIpc) is 2.46. The molecule has 0 saturated carbocycles. The van der Waals surface area contributed by atoms with Gasteiger partial charge >= 0.3 is 6.03 Å². The van der Waals surface area contributed by atoms with E-state index >= 15 is 0 Å². The van der Waals surface area contributed by atoms with Gasteiger partial charge in [0.25, 0.3) is 0 Å². The summed E-state index contributed by atoms with van der Waals surface area (Å²) >= 11 is 1.43. The van der Waals surface area contributed by atoms with Gasteiger partial charge in [-0.25, -0.2) is 4.79 Å². The third-order valence-corrected chi connectivity index (χ3v) is 3.87. The first-order valence-corrected chi connectivity index (χ1v) is 7.99. The van der Waals surface area contributed by atoms with E-state index in [0.717, 1.165) is 18.0 Å². The lowest BCUT2D eigenvalue weighted by molar-refractivity contribution is -0.119. The zero-order chi connectivity index (χ0) is 15.7. The van der Waals surface area contributed by atoms with Gasteiger partial charge in [0.2, 0.25) is 5.91 Å². The average molecular weight is 309 g/mol. The van der Waals surface area contributed by atoms with Gasteiger partial charge in [-0.15, -0.1) is 11.8 Å². The third-order valence-electron chi connectivity index (χ3n) is 2.76. The van der Waals surface area contributed by atoms with Crippen molar-refractivity contribution in [3.05, 3.63) is 29.8 Å². The molecule has 3 amide bonds. The molecule has 0 saturated heterocycles. The van der Waals surface area contributed by atoms with Gasteiger partial charge < -0.3 is 10.6 Å². The van der Waals surface area contributed by atoms with Gasteiger partial charge in [0.1, 0.15) is 0 Å². The predicted molar refractivity (Wildman–Crippen MR) is 86.4 cm³/mol. The SMILES string of the molecule is CCNCc1ccc(SC(C)C(=O)NC(=O)NCC)cc1. The predicted octanol–water partition coefficient (Wildman–Crippen LogP) is 2.12. The molecule has 0 aromatic heterocycles. The summed E-state index contributed by atoms with van der Waals surface area (Å²) < 4.78 is 0. The summed E-state index contributed by atoms with van der Waals surface area (Å²) in [5, 5.41) is 7.79. The molecule has 1 atom stereocenters. The fourth-order valence-corrected chi connectivity index (χ4v) is 2.50. The maximum Gasteiger partial charge on any atom is 0.321 e. The molecule has 0 heterocycles. The molecule has 5 nitrogen and oxygen atoms in total. The van der Waals surface area contributed by atoms with Crippen LogP contribution in [0.2, 0.25) is 0 Å². The Morgan fingerprint density at radius 3 is 2.38 bits per heavy atom. The van der Waals surface area contributed by atoms with Crippen molar-refractivity contribution >= 4 is 23.7 Å². The van der Waals surface area contributed by atoms with Crippen LogP contribution in [0.1, 0.15) is 26.3 Å². The number of rotatable bonds is 7. The molecule has 1 aromatic rings. The van der Waals surface area contributed by atoms with Crippen LogP contribution < -0.4 is 16.0 Å². The quantitative estimate of drug-likeness (QED) is 0.675. The number of benzene rings is 1. The van der Waals surface area contributed by atoms with Crippen LogP contribution in [-0.2, 0) is 11.3 Å². The van der Waals surface area contributed by atoms with E-state index in [1.54, 1.807) is 13.8 Å². The molecule has 1 aromatic carbocycles. The van der Waals surface area contributed by atoms with Crippen molar-refractivity contribution in [3.63, 3.8) is 0 Å². The van der Waals surface area contributed by atoms with E-state index in [0.29, 0.717) is 6.54 Å². The summed E-state index contributed by atoms with van der Waals surface area (Å²) in [5.41, 5.74) is 1.21. The van der Waals surface area contributed by atoms with Gasteiger partial charge in [-0.1, -0.05) is 19.1 Å². The van der Waals surface area contributed by atoms with Gasteiger partial charge in [0.15, 0.2) is 0 Å². The van der Waals surface area contributed by atoms with Crippen LogP contribution in [0.3, 0.4) is 0 Å². The van der Waals surface area contributed by atoms with Crippen molar-refractivity contribution in [2.75, 3.05) is 13.1 Å². The second kappa shape index (κ2) is 9.41. The van der Waals surface area contributed by atoms with Gasteiger partial charge in [0, 0.05) is 18.0 Å². The summed E-state index contributed by atoms with van der Waals surface area (Å²) in [6, 6.07) is 7.62. The molecule has 0 aliphatic rings. The molecule has 116 valence electrons. The number of amides is 3. The van der Waals surface area contributed by atoms with Crippen LogP contribution >= 0.6 is 11.8 Å². The number of hydrogen-bond acceptors (Lipinski definition) is 4. The van der Waals surface area contributed by atoms with Crippen molar-refractivity contribution in [1.82, 2.24) is 16.0 Å². The Morgan fingerprint density at radius 1 is 1.14 bits per heavy atom. The van der Waals surface area contributed by atoms with Crippen LogP contribution in [-0.4, -0.2) is 30.3 Å². The largest absolute Gasteiger partial charge is 0.338 e. The Morgan fingerprint density at radius 2 is 1.81 bits per heavy atom. The highest BCUT2D eigenvalue weighted by atomic mass is 32.2. The monoisotopic (exact) mass is 309 g/mol. The third kappa shape index (κ3) is 6.64. The lowest BCUT2D eigenvalue weighted by atomic mass is 10.2. The zero-order valence-corrected chi connectivity index (χ0v) is 13.5. The molecule has 1 unspecified atom stereocenters. The van der Waals surface area contributed by atoms with Crippen molar-refractivity contribution in [2.24, 2.45) is 0 Å². The minimum atomic E-state index is -0.448. The summed E-state index contributed by atoms with van der Waals surface area (Å²) in [5.74, 6) is -0.289. The van der Waals surface area contributed by atoms with Crippen LogP contribution in [0.15, 0.2) is 29.2 Å². The van der Waals surface area contributed by atoms with E-state index < -0.39 is 6.03 Å². The number of imide groups is 1. The van der Waals surface area contributed by atoms with Gasteiger partial charge in [-0.05, 0) is 38.1 Å². The Balaban J connectivity index is 2.48. The summed E-state index contributed by atoms with van der Waals surface area (Å²) in [6.07, 6.45) is 0. The standard InChI is InChI=1S/C15H23N3O2S/c1-4-16-10-12-6-8-13(9-7-12)21-11(3)14(19)18-15(20)17-5-2/h6-9,11,16H,4-5,10H2,1-3H3,(H2,17,18,19,20). The summed E-state index contributed by atoms with van der Waals surface area (Å²) in [4.78, 5) is 24.1. The Hall–Kier alpha value is -1.53. The minimum absolute atomic E-state index is 0.289. The smallest absolute Gasteiger partial charge is 0.321 e. The number of carbonyl (C=O) groups is 2. The molecular weight excluding hydrogens is 286 g/mol. The number of thioether (sulfide) groups is 1. The van der Waals surface area contributed by atoms with Crippen molar-refractivity contribution < 1.29 is 9.59 Å². The molecule has 3 N–H and O–H groups in total. The van der Waals surface area contributed by atoms with Crippen LogP contribution in [0.25, 0.3) is 0 Å². The summed E-state index contributed by atoms with van der Waals surface area (Å²) in [6.45, 7) is 7.93. The van der Waals surface area contributed by atoms with Crippen LogP contribution in [0, 0.1) is 0 Å². The lowest BCUT2D eigenvalue weighted by Crippen LogP contribution is -2.42. The maximum atomic E-state index is 11.8. The van der Waals surface area contributed by atoms with E-state index in [-0.39, 0.29) is 11.2 Å². The highest BCUT2D eigenvalue weighted by molar-refractivity contribution is 8.00. The first kappa shape index (κ1) is 17.5. The molecule has 0 spiro atoms. The molecule has 0 aliphatic heterocycles. The lowest BCUT2D eigenvalue weighted by Gasteiger charge is -2.12. The maximum absolute atomic E-state index is 11.8.